The second-order valence-electron chi connectivity index (χ2n) is 4.91. The van der Waals surface area contributed by atoms with Gasteiger partial charge < -0.3 is 10.5 Å². The van der Waals surface area contributed by atoms with Crippen molar-refractivity contribution in [1.82, 2.24) is 0 Å². The highest BCUT2D eigenvalue weighted by Gasteiger charge is 2.26. The largest absolute Gasteiger partial charge is 0.488 e. The standard InChI is InChI=1S/C14H19ClFNO/c1-2-9-5-3-4-6-13(9)18-14-7-10(15)11(16)8-12(14)17/h7-9,13H,2-6,17H2,1H3. The van der Waals surface area contributed by atoms with E-state index in [9.17, 15) is 4.39 Å². The molecular weight excluding hydrogens is 253 g/mol. The first-order chi connectivity index (χ1) is 8.61. The van der Waals surface area contributed by atoms with E-state index >= 15 is 0 Å². The van der Waals surface area contributed by atoms with Crippen molar-refractivity contribution in [1.29, 1.82) is 0 Å². The van der Waals surface area contributed by atoms with Gasteiger partial charge in [-0.15, -0.1) is 0 Å². The predicted octanol–water partition coefficient (Wildman–Crippen LogP) is 4.41. The van der Waals surface area contributed by atoms with Crippen LogP contribution in [0.15, 0.2) is 12.1 Å². The summed E-state index contributed by atoms with van der Waals surface area (Å²) in [7, 11) is 0. The second kappa shape index (κ2) is 5.79. The fraction of sp³-hybridized carbons (Fsp3) is 0.571. The van der Waals surface area contributed by atoms with E-state index in [1.165, 1.54) is 31.4 Å². The van der Waals surface area contributed by atoms with Gasteiger partial charge in [0.25, 0.3) is 0 Å². The monoisotopic (exact) mass is 271 g/mol. The molecule has 1 aromatic carbocycles. The minimum Gasteiger partial charge on any atom is -0.488 e. The lowest BCUT2D eigenvalue weighted by molar-refractivity contribution is 0.0910. The minimum atomic E-state index is -0.503. The number of halogens is 2. The molecule has 4 heteroatoms. The van der Waals surface area contributed by atoms with E-state index in [0.29, 0.717) is 17.4 Å². The van der Waals surface area contributed by atoms with Crippen LogP contribution in [0.5, 0.6) is 5.75 Å². The Hall–Kier alpha value is -0.960. The van der Waals surface area contributed by atoms with E-state index in [2.05, 4.69) is 6.92 Å². The third kappa shape index (κ3) is 2.89. The number of hydrogen-bond donors (Lipinski definition) is 1. The first kappa shape index (κ1) is 13.5. The van der Waals surface area contributed by atoms with Gasteiger partial charge in [-0.25, -0.2) is 4.39 Å². The first-order valence-corrected chi connectivity index (χ1v) is 6.90. The number of ether oxygens (including phenoxy) is 1. The molecule has 2 rings (SSSR count). The van der Waals surface area contributed by atoms with Gasteiger partial charge in [0, 0.05) is 12.1 Å². The second-order valence-corrected chi connectivity index (χ2v) is 5.32. The Labute approximate surface area is 112 Å². The molecule has 1 fully saturated rings. The van der Waals surface area contributed by atoms with Gasteiger partial charge in [0.2, 0.25) is 0 Å². The van der Waals surface area contributed by atoms with Gasteiger partial charge in [-0.2, -0.15) is 0 Å². The first-order valence-electron chi connectivity index (χ1n) is 6.53. The quantitative estimate of drug-likeness (QED) is 0.827. The number of rotatable bonds is 3. The van der Waals surface area contributed by atoms with Gasteiger partial charge >= 0.3 is 0 Å². The molecule has 2 N–H and O–H groups in total. The molecular formula is C14H19ClFNO. The highest BCUT2D eigenvalue weighted by atomic mass is 35.5. The fourth-order valence-electron chi connectivity index (χ4n) is 2.60. The molecule has 100 valence electrons. The minimum absolute atomic E-state index is 0.0584. The van der Waals surface area contributed by atoms with Crippen molar-refractivity contribution < 1.29 is 9.13 Å². The van der Waals surface area contributed by atoms with Crippen LogP contribution in [0.3, 0.4) is 0 Å². The van der Waals surface area contributed by atoms with E-state index in [4.69, 9.17) is 22.1 Å². The number of nitrogen functional groups attached to an aromatic ring is 1. The molecule has 2 unspecified atom stereocenters. The zero-order chi connectivity index (χ0) is 13.1. The van der Waals surface area contributed by atoms with E-state index in [1.807, 2.05) is 0 Å². The Morgan fingerprint density at radius 3 is 2.83 bits per heavy atom. The lowest BCUT2D eigenvalue weighted by Crippen LogP contribution is -2.30. The van der Waals surface area contributed by atoms with Crippen molar-refractivity contribution in [2.75, 3.05) is 5.73 Å². The van der Waals surface area contributed by atoms with Crippen molar-refractivity contribution in [2.24, 2.45) is 5.92 Å². The number of nitrogens with two attached hydrogens (primary N) is 1. The van der Waals surface area contributed by atoms with Gasteiger partial charge in [0.1, 0.15) is 17.7 Å². The van der Waals surface area contributed by atoms with Crippen molar-refractivity contribution in [3.8, 4) is 5.75 Å². The third-order valence-corrected chi connectivity index (χ3v) is 3.98. The van der Waals surface area contributed by atoms with Crippen molar-refractivity contribution in [2.45, 2.75) is 45.1 Å². The molecule has 1 aromatic rings. The topological polar surface area (TPSA) is 35.2 Å². The summed E-state index contributed by atoms with van der Waals surface area (Å²) in [6.45, 7) is 2.17. The maximum Gasteiger partial charge on any atom is 0.144 e. The van der Waals surface area contributed by atoms with Crippen molar-refractivity contribution in [3.63, 3.8) is 0 Å². The average molecular weight is 272 g/mol. The smallest absolute Gasteiger partial charge is 0.144 e. The molecule has 0 bridgehead atoms. The molecule has 2 atom stereocenters. The van der Waals surface area contributed by atoms with E-state index in [0.717, 1.165) is 12.8 Å². The molecule has 1 saturated carbocycles. The summed E-state index contributed by atoms with van der Waals surface area (Å²) in [6, 6.07) is 2.70. The maximum atomic E-state index is 13.2. The van der Waals surface area contributed by atoms with Crippen LogP contribution in [-0.4, -0.2) is 6.10 Å². The summed E-state index contributed by atoms with van der Waals surface area (Å²) >= 11 is 5.76. The lowest BCUT2D eigenvalue weighted by atomic mass is 9.85. The zero-order valence-corrected chi connectivity index (χ0v) is 11.3. The Morgan fingerprint density at radius 2 is 2.11 bits per heavy atom. The number of hydrogen-bond acceptors (Lipinski definition) is 2. The molecule has 0 aliphatic heterocycles. The van der Waals surface area contributed by atoms with Crippen LogP contribution in [0.1, 0.15) is 39.0 Å². The van der Waals surface area contributed by atoms with Gasteiger partial charge in [0.15, 0.2) is 0 Å². The van der Waals surface area contributed by atoms with Crippen LogP contribution >= 0.6 is 11.6 Å². The normalized spacial score (nSPS) is 23.9. The Kier molecular flexibility index (Phi) is 4.33. The molecule has 1 aliphatic carbocycles. The summed E-state index contributed by atoms with van der Waals surface area (Å²) < 4.78 is 19.2. The van der Waals surface area contributed by atoms with E-state index in [-0.39, 0.29) is 11.1 Å². The highest BCUT2D eigenvalue weighted by molar-refractivity contribution is 6.31. The van der Waals surface area contributed by atoms with Crippen LogP contribution < -0.4 is 10.5 Å². The Balaban J connectivity index is 2.15. The van der Waals surface area contributed by atoms with Crippen LogP contribution in [0.2, 0.25) is 5.02 Å². The molecule has 0 amide bonds. The molecule has 2 nitrogen and oxygen atoms in total. The molecule has 0 radical (unpaired) electrons. The van der Waals surface area contributed by atoms with Gasteiger partial charge in [0.05, 0.1) is 10.7 Å². The maximum absolute atomic E-state index is 13.2. The summed E-state index contributed by atoms with van der Waals surface area (Å²) in [5, 5.41) is 0.0584. The lowest BCUT2D eigenvalue weighted by Gasteiger charge is -2.31. The van der Waals surface area contributed by atoms with Crippen LogP contribution in [-0.2, 0) is 0 Å². The molecule has 18 heavy (non-hydrogen) atoms. The average Bonchev–Trinajstić information content (AvgIpc) is 2.36. The van der Waals surface area contributed by atoms with Crippen LogP contribution in [0.4, 0.5) is 10.1 Å². The van der Waals surface area contributed by atoms with Gasteiger partial charge in [-0.05, 0) is 31.6 Å². The molecule has 0 spiro atoms. The fourth-order valence-corrected chi connectivity index (χ4v) is 2.76. The van der Waals surface area contributed by atoms with Crippen molar-refractivity contribution in [3.05, 3.63) is 23.0 Å². The molecule has 0 heterocycles. The molecule has 1 aliphatic rings. The summed E-state index contributed by atoms with van der Waals surface area (Å²) in [4.78, 5) is 0. The third-order valence-electron chi connectivity index (χ3n) is 3.69. The highest BCUT2D eigenvalue weighted by Crippen LogP contribution is 2.34. The summed E-state index contributed by atoms with van der Waals surface area (Å²) in [5.41, 5.74) is 6.09. The van der Waals surface area contributed by atoms with Gasteiger partial charge in [-0.3, -0.25) is 0 Å². The van der Waals surface area contributed by atoms with Crippen LogP contribution in [0, 0.1) is 11.7 Å². The van der Waals surface area contributed by atoms with Crippen molar-refractivity contribution >= 4 is 17.3 Å². The predicted molar refractivity (Wildman–Crippen MR) is 72.5 cm³/mol. The Bertz CT molecular complexity index is 425. The SMILES string of the molecule is CCC1CCCCC1Oc1cc(Cl)c(F)cc1N. The zero-order valence-electron chi connectivity index (χ0n) is 10.6. The van der Waals surface area contributed by atoms with Gasteiger partial charge in [-0.1, -0.05) is 24.9 Å². The number of benzene rings is 1. The molecule has 0 saturated heterocycles. The summed E-state index contributed by atoms with van der Waals surface area (Å²) in [5.74, 6) is 0.561. The Morgan fingerprint density at radius 1 is 1.39 bits per heavy atom. The van der Waals surface area contributed by atoms with E-state index in [1.54, 1.807) is 0 Å². The molecule has 0 aromatic heterocycles. The summed E-state index contributed by atoms with van der Waals surface area (Å²) in [6.07, 6.45) is 5.93. The van der Waals surface area contributed by atoms with Crippen LogP contribution in [0.25, 0.3) is 0 Å². The van der Waals surface area contributed by atoms with E-state index < -0.39 is 5.82 Å². The number of anilines is 1.